The Balaban J connectivity index is 1.63. The molecule has 1 aromatic carbocycles. The summed E-state index contributed by atoms with van der Waals surface area (Å²) in [5.74, 6) is 1.40. The highest BCUT2D eigenvalue weighted by Crippen LogP contribution is 2.42. The van der Waals surface area contributed by atoms with Gasteiger partial charge in [-0.15, -0.1) is 0 Å². The maximum absolute atomic E-state index is 10.4. The first-order valence-electron chi connectivity index (χ1n) is 12.2. The molecule has 32 heavy (non-hydrogen) atoms. The van der Waals surface area contributed by atoms with E-state index in [-0.39, 0.29) is 17.2 Å². The lowest BCUT2D eigenvalue weighted by Gasteiger charge is -2.31. The minimum absolute atomic E-state index is 0.0189. The first-order chi connectivity index (χ1) is 15.6. The summed E-state index contributed by atoms with van der Waals surface area (Å²) in [4.78, 5) is 11.5. The maximum Gasteiger partial charge on any atom is 0.121 e. The molecule has 0 aliphatic heterocycles. The van der Waals surface area contributed by atoms with E-state index in [4.69, 9.17) is 16.6 Å². The van der Waals surface area contributed by atoms with E-state index in [1.54, 1.807) is 12.1 Å². The average molecular weight is 454 g/mol. The van der Waals surface area contributed by atoms with Gasteiger partial charge in [0.05, 0.1) is 17.2 Å². The summed E-state index contributed by atoms with van der Waals surface area (Å²) in [6.45, 7) is 6.08. The van der Waals surface area contributed by atoms with E-state index in [1.165, 1.54) is 24.2 Å². The van der Waals surface area contributed by atoms with Gasteiger partial charge in [0.15, 0.2) is 0 Å². The third-order valence-corrected chi connectivity index (χ3v) is 7.44. The molecule has 0 bridgehead atoms. The van der Waals surface area contributed by atoms with Gasteiger partial charge < -0.3 is 10.1 Å². The van der Waals surface area contributed by atoms with Crippen molar-refractivity contribution in [2.75, 3.05) is 6.54 Å². The molecule has 2 unspecified atom stereocenters. The summed E-state index contributed by atoms with van der Waals surface area (Å²) in [6.07, 6.45) is 17.8. The van der Waals surface area contributed by atoms with Gasteiger partial charge in [0.2, 0.25) is 0 Å². The molecule has 2 N–H and O–H groups in total. The molecular weight excluding hydrogens is 418 g/mol. The summed E-state index contributed by atoms with van der Waals surface area (Å²) >= 11 is 6.46. The topological polar surface area (TPSA) is 52.1 Å². The summed E-state index contributed by atoms with van der Waals surface area (Å²) in [5, 5.41) is 11.1. The first kappa shape index (κ1) is 23.1. The number of rotatable bonds is 10. The van der Waals surface area contributed by atoms with Gasteiger partial charge in [0.25, 0.3) is 0 Å². The van der Waals surface area contributed by atoms with E-state index in [2.05, 4.69) is 48.0 Å². The van der Waals surface area contributed by atoms with Crippen LogP contribution in [0.4, 0.5) is 0 Å². The molecule has 0 saturated heterocycles. The molecule has 5 heteroatoms. The van der Waals surface area contributed by atoms with Crippen molar-refractivity contribution in [2.45, 2.75) is 83.2 Å². The van der Waals surface area contributed by atoms with E-state index in [0.29, 0.717) is 11.6 Å². The van der Waals surface area contributed by atoms with E-state index in [1.807, 2.05) is 6.07 Å². The zero-order valence-corrected chi connectivity index (χ0v) is 20.2. The van der Waals surface area contributed by atoms with Crippen LogP contribution in [0.3, 0.4) is 0 Å². The lowest BCUT2D eigenvalue weighted by Crippen LogP contribution is -2.30. The zero-order chi connectivity index (χ0) is 22.6. The van der Waals surface area contributed by atoms with Crippen molar-refractivity contribution in [3.63, 3.8) is 0 Å². The Morgan fingerprint density at radius 2 is 2.06 bits per heavy atom. The van der Waals surface area contributed by atoms with Gasteiger partial charge in [0.1, 0.15) is 11.6 Å². The fraction of sp³-hybridized carbons (Fsp3) is 0.519. The van der Waals surface area contributed by atoms with Crippen molar-refractivity contribution >= 4 is 11.6 Å². The van der Waals surface area contributed by atoms with Crippen molar-refractivity contribution < 1.29 is 5.11 Å². The number of aromatic amines is 1. The van der Waals surface area contributed by atoms with Gasteiger partial charge in [-0.1, -0.05) is 75.1 Å². The molecular formula is C27H36ClN3O. The Bertz CT molecular complexity index is 959. The smallest absolute Gasteiger partial charge is 0.121 e. The van der Waals surface area contributed by atoms with Crippen LogP contribution in [0.2, 0.25) is 5.02 Å². The summed E-state index contributed by atoms with van der Waals surface area (Å²) < 4.78 is 0. The van der Waals surface area contributed by atoms with E-state index < -0.39 is 0 Å². The van der Waals surface area contributed by atoms with Crippen molar-refractivity contribution in [2.24, 2.45) is 0 Å². The number of fused-ring (bicyclic) bond motifs is 1. The number of allylic oxidation sites excluding steroid dienone is 4. The van der Waals surface area contributed by atoms with Gasteiger partial charge in [-0.3, -0.25) is 4.90 Å². The third kappa shape index (κ3) is 4.67. The van der Waals surface area contributed by atoms with Gasteiger partial charge in [-0.25, -0.2) is 4.98 Å². The largest absolute Gasteiger partial charge is 0.508 e. The third-order valence-electron chi connectivity index (χ3n) is 7.08. The highest BCUT2D eigenvalue weighted by atomic mass is 35.5. The molecule has 0 spiro atoms. The zero-order valence-electron chi connectivity index (χ0n) is 19.4. The monoisotopic (exact) mass is 453 g/mol. The standard InChI is InChI=1S/C27H36ClN3O/c1-3-5-15-27(16-8-7-9-17-27)26-29-22-13-14-23(25(22)30-26)31(18-6-4-2)19-20-21(28)11-10-12-24(20)32/h7-12,16,23,32H,3-6,13-15,17-19H2,1-2H3,(H,29,30). The normalized spacial score (nSPS) is 22.1. The molecule has 1 heterocycles. The van der Waals surface area contributed by atoms with Crippen LogP contribution < -0.4 is 0 Å². The highest BCUT2D eigenvalue weighted by molar-refractivity contribution is 6.31. The van der Waals surface area contributed by atoms with Gasteiger partial charge in [-0.2, -0.15) is 0 Å². The number of phenolic OH excluding ortho intramolecular Hbond substituents is 1. The van der Waals surface area contributed by atoms with E-state index >= 15 is 0 Å². The maximum atomic E-state index is 10.4. The number of aryl methyl sites for hydroxylation is 1. The second kappa shape index (κ2) is 10.3. The molecule has 172 valence electrons. The predicted octanol–water partition coefficient (Wildman–Crippen LogP) is 7.00. The number of halogens is 1. The van der Waals surface area contributed by atoms with Crippen LogP contribution in [-0.2, 0) is 18.4 Å². The lowest BCUT2D eigenvalue weighted by atomic mass is 9.76. The minimum Gasteiger partial charge on any atom is -0.508 e. The fourth-order valence-electron chi connectivity index (χ4n) is 5.15. The molecule has 0 saturated carbocycles. The second-order valence-corrected chi connectivity index (χ2v) is 9.72. The molecule has 2 aliphatic rings. The Kier molecular flexibility index (Phi) is 7.42. The van der Waals surface area contributed by atoms with Crippen LogP contribution >= 0.6 is 11.6 Å². The average Bonchev–Trinajstić information content (AvgIpc) is 3.39. The SMILES string of the molecule is CCCCN(Cc1c(O)cccc1Cl)C1CCc2[nH]c(C3(CCCC)C=CC=CC3)nc21. The highest BCUT2D eigenvalue weighted by Gasteiger charge is 2.37. The Morgan fingerprint density at radius 1 is 1.22 bits per heavy atom. The van der Waals surface area contributed by atoms with E-state index in [0.717, 1.165) is 56.5 Å². The van der Waals surface area contributed by atoms with Crippen LogP contribution in [0, 0.1) is 0 Å². The number of phenols is 1. The number of H-pyrrole nitrogens is 1. The molecule has 2 aliphatic carbocycles. The quantitative estimate of drug-likeness (QED) is 0.407. The first-order valence-corrected chi connectivity index (χ1v) is 12.6. The number of hydrogen-bond donors (Lipinski definition) is 2. The minimum atomic E-state index is -0.0189. The van der Waals surface area contributed by atoms with Crippen LogP contribution in [0.25, 0.3) is 0 Å². The van der Waals surface area contributed by atoms with Crippen molar-refractivity contribution in [1.29, 1.82) is 0 Å². The molecule has 4 nitrogen and oxygen atoms in total. The van der Waals surface area contributed by atoms with Gasteiger partial charge in [0, 0.05) is 22.8 Å². The number of nitrogens with zero attached hydrogens (tertiary/aromatic N) is 2. The summed E-state index contributed by atoms with van der Waals surface area (Å²) in [6, 6.07) is 5.64. The van der Waals surface area contributed by atoms with Gasteiger partial charge in [-0.05, 0) is 50.8 Å². The molecule has 0 radical (unpaired) electrons. The number of nitrogens with one attached hydrogen (secondary N) is 1. The molecule has 0 amide bonds. The summed E-state index contributed by atoms with van der Waals surface area (Å²) in [5.41, 5.74) is 3.28. The van der Waals surface area contributed by atoms with E-state index in [9.17, 15) is 5.11 Å². The Morgan fingerprint density at radius 3 is 2.78 bits per heavy atom. The summed E-state index contributed by atoms with van der Waals surface area (Å²) in [7, 11) is 0. The number of aromatic hydroxyl groups is 1. The predicted molar refractivity (Wildman–Crippen MR) is 132 cm³/mol. The van der Waals surface area contributed by atoms with Crippen LogP contribution in [0.5, 0.6) is 5.75 Å². The lowest BCUT2D eigenvalue weighted by molar-refractivity contribution is 0.179. The number of imidazole rings is 1. The Hall–Kier alpha value is -2.04. The number of benzene rings is 1. The Labute approximate surface area is 197 Å². The van der Waals surface area contributed by atoms with Crippen molar-refractivity contribution in [1.82, 2.24) is 14.9 Å². The molecule has 4 rings (SSSR count). The van der Waals surface area contributed by atoms with Gasteiger partial charge >= 0.3 is 0 Å². The second-order valence-electron chi connectivity index (χ2n) is 9.32. The number of unbranched alkanes of at least 4 members (excludes halogenated alkanes) is 2. The van der Waals surface area contributed by atoms with Crippen molar-refractivity contribution in [3.05, 3.63) is 70.3 Å². The molecule has 2 atom stereocenters. The fourth-order valence-corrected chi connectivity index (χ4v) is 5.38. The van der Waals surface area contributed by atoms with Crippen LogP contribution in [0.15, 0.2) is 42.5 Å². The van der Waals surface area contributed by atoms with Crippen molar-refractivity contribution in [3.8, 4) is 5.75 Å². The number of hydrogen-bond acceptors (Lipinski definition) is 3. The molecule has 0 fully saturated rings. The number of aromatic nitrogens is 2. The van der Waals surface area contributed by atoms with Crippen LogP contribution in [-0.4, -0.2) is 26.5 Å². The molecule has 2 aromatic rings. The molecule has 1 aromatic heterocycles. The van der Waals surface area contributed by atoms with Crippen LogP contribution in [0.1, 0.15) is 87.6 Å².